The molecule has 0 bridgehead atoms. The van der Waals surface area contributed by atoms with Gasteiger partial charge < -0.3 is 14.6 Å². The van der Waals surface area contributed by atoms with E-state index < -0.39 is 11.7 Å². The van der Waals surface area contributed by atoms with Crippen LogP contribution >= 0.6 is 0 Å². The third-order valence-electron chi connectivity index (χ3n) is 2.94. The Kier molecular flexibility index (Phi) is 4.85. The van der Waals surface area contributed by atoms with Gasteiger partial charge >= 0.3 is 6.18 Å². The van der Waals surface area contributed by atoms with Gasteiger partial charge in [0.2, 0.25) is 5.95 Å². The molecule has 0 saturated heterocycles. The first-order chi connectivity index (χ1) is 10.0. The van der Waals surface area contributed by atoms with Crippen molar-refractivity contribution in [3.63, 3.8) is 0 Å². The molecule has 0 spiro atoms. The molecule has 1 aromatic carbocycles. The number of ether oxygens (including phenoxy) is 1. The van der Waals surface area contributed by atoms with Gasteiger partial charge in [-0.3, -0.25) is 0 Å². The van der Waals surface area contributed by atoms with Crippen LogP contribution in [0.3, 0.4) is 0 Å². The number of aryl methyl sites for hydroxylation is 1. The average Bonchev–Trinajstić information content (AvgIpc) is 2.86. The molecule has 0 saturated carbocycles. The number of anilines is 2. The second-order valence-electron chi connectivity index (χ2n) is 4.46. The highest BCUT2D eigenvalue weighted by molar-refractivity contribution is 5.59. The molecule has 4 nitrogen and oxygen atoms in total. The summed E-state index contributed by atoms with van der Waals surface area (Å²) in [5.41, 5.74) is -0.722. The van der Waals surface area contributed by atoms with Crippen LogP contribution in [0.4, 0.5) is 24.8 Å². The quantitative estimate of drug-likeness (QED) is 0.827. The van der Waals surface area contributed by atoms with Crippen LogP contribution in [0, 0.1) is 0 Å². The molecule has 21 heavy (non-hydrogen) atoms. The molecule has 2 rings (SSSR count). The molecule has 0 aliphatic carbocycles. The molecule has 1 N–H and O–H groups in total. The molecular weight excluding hydrogens is 283 g/mol. The van der Waals surface area contributed by atoms with Crippen molar-refractivity contribution in [3.8, 4) is 0 Å². The fraction of sp³-hybridized carbons (Fsp3) is 0.357. The lowest BCUT2D eigenvalue weighted by molar-refractivity contribution is -0.136. The molecule has 1 aromatic heterocycles. The molecule has 0 radical (unpaired) electrons. The summed E-state index contributed by atoms with van der Waals surface area (Å²) in [4.78, 5) is 4.06. The molecule has 0 unspecified atom stereocenters. The van der Waals surface area contributed by atoms with Crippen molar-refractivity contribution in [1.29, 1.82) is 0 Å². The third kappa shape index (κ3) is 3.98. The number of rotatable bonds is 6. The lowest BCUT2D eigenvalue weighted by Gasteiger charge is -2.15. The summed E-state index contributed by atoms with van der Waals surface area (Å²) in [6, 6.07) is 5.34. The van der Waals surface area contributed by atoms with Crippen LogP contribution in [0.15, 0.2) is 36.7 Å². The number of methoxy groups -OCH3 is 1. The predicted octanol–water partition coefficient (Wildman–Crippen LogP) is 3.68. The van der Waals surface area contributed by atoms with E-state index in [0.29, 0.717) is 19.1 Å². The fourth-order valence-electron chi connectivity index (χ4n) is 1.95. The molecular formula is C14H16F3N3O. The number of benzene rings is 1. The smallest absolute Gasteiger partial charge is 0.385 e. The SMILES string of the molecule is COCCCn1ccnc1Nc1ccccc1C(F)(F)F. The molecule has 0 amide bonds. The van der Waals surface area contributed by atoms with E-state index in [2.05, 4.69) is 10.3 Å². The maximum Gasteiger partial charge on any atom is 0.418 e. The number of nitrogens with one attached hydrogen (secondary N) is 1. The minimum Gasteiger partial charge on any atom is -0.385 e. The second kappa shape index (κ2) is 6.62. The van der Waals surface area contributed by atoms with Crippen molar-refractivity contribution in [2.24, 2.45) is 0 Å². The van der Waals surface area contributed by atoms with Gasteiger partial charge in [0.05, 0.1) is 11.3 Å². The summed E-state index contributed by atoms with van der Waals surface area (Å²) in [6.07, 6.45) is -0.390. The van der Waals surface area contributed by atoms with Crippen LogP contribution in [0.2, 0.25) is 0 Å². The van der Waals surface area contributed by atoms with Gasteiger partial charge in [-0.15, -0.1) is 0 Å². The lowest BCUT2D eigenvalue weighted by atomic mass is 10.1. The molecule has 0 fully saturated rings. The first-order valence-electron chi connectivity index (χ1n) is 6.45. The molecule has 2 aromatic rings. The van der Waals surface area contributed by atoms with Gasteiger partial charge in [0.1, 0.15) is 0 Å². The van der Waals surface area contributed by atoms with E-state index in [-0.39, 0.29) is 5.69 Å². The minimum atomic E-state index is -4.41. The normalized spacial score (nSPS) is 11.6. The molecule has 7 heteroatoms. The summed E-state index contributed by atoms with van der Waals surface area (Å²) >= 11 is 0. The van der Waals surface area contributed by atoms with Crippen LogP contribution in [-0.4, -0.2) is 23.3 Å². The molecule has 0 aliphatic rings. The second-order valence-corrected chi connectivity index (χ2v) is 4.46. The molecule has 1 heterocycles. The first-order valence-corrected chi connectivity index (χ1v) is 6.45. The van der Waals surface area contributed by atoms with Crippen LogP contribution in [0.5, 0.6) is 0 Å². The van der Waals surface area contributed by atoms with E-state index in [0.717, 1.165) is 12.5 Å². The molecule has 0 aliphatic heterocycles. The van der Waals surface area contributed by atoms with E-state index in [9.17, 15) is 13.2 Å². The Labute approximate surface area is 120 Å². The number of alkyl halides is 3. The van der Waals surface area contributed by atoms with E-state index in [1.54, 1.807) is 30.1 Å². The number of imidazole rings is 1. The highest BCUT2D eigenvalue weighted by Gasteiger charge is 2.33. The Bertz CT molecular complexity index is 581. The van der Waals surface area contributed by atoms with Crippen molar-refractivity contribution in [3.05, 3.63) is 42.2 Å². The van der Waals surface area contributed by atoms with Crippen LogP contribution in [0.25, 0.3) is 0 Å². The Morgan fingerprint density at radius 3 is 2.76 bits per heavy atom. The molecule has 114 valence electrons. The number of hydrogen-bond acceptors (Lipinski definition) is 3. The van der Waals surface area contributed by atoms with Crippen LogP contribution in [0.1, 0.15) is 12.0 Å². The van der Waals surface area contributed by atoms with Crippen molar-refractivity contribution < 1.29 is 17.9 Å². The summed E-state index contributed by atoms with van der Waals surface area (Å²) in [6.45, 7) is 1.20. The Morgan fingerprint density at radius 2 is 2.05 bits per heavy atom. The summed E-state index contributed by atoms with van der Waals surface area (Å²) in [5.74, 6) is 0.378. The maximum atomic E-state index is 12.9. The van der Waals surface area contributed by atoms with Crippen molar-refractivity contribution >= 4 is 11.6 Å². The summed E-state index contributed by atoms with van der Waals surface area (Å²) in [5, 5.41) is 2.75. The zero-order valence-electron chi connectivity index (χ0n) is 11.5. The van der Waals surface area contributed by atoms with Crippen molar-refractivity contribution in [2.45, 2.75) is 19.1 Å². The van der Waals surface area contributed by atoms with Gasteiger partial charge in [0, 0.05) is 32.7 Å². The zero-order chi connectivity index (χ0) is 15.3. The molecule has 0 atom stereocenters. The topological polar surface area (TPSA) is 39.1 Å². The third-order valence-corrected chi connectivity index (χ3v) is 2.94. The van der Waals surface area contributed by atoms with E-state index >= 15 is 0 Å². The Hall–Kier alpha value is -2.02. The Balaban J connectivity index is 2.18. The van der Waals surface area contributed by atoms with E-state index in [4.69, 9.17) is 4.74 Å². The Morgan fingerprint density at radius 1 is 1.29 bits per heavy atom. The highest BCUT2D eigenvalue weighted by atomic mass is 19.4. The average molecular weight is 299 g/mol. The highest BCUT2D eigenvalue weighted by Crippen LogP contribution is 2.35. The van der Waals surface area contributed by atoms with Gasteiger partial charge in [-0.1, -0.05) is 12.1 Å². The largest absolute Gasteiger partial charge is 0.418 e. The van der Waals surface area contributed by atoms with E-state index in [1.165, 1.54) is 12.1 Å². The van der Waals surface area contributed by atoms with Crippen molar-refractivity contribution in [1.82, 2.24) is 9.55 Å². The van der Waals surface area contributed by atoms with Crippen LogP contribution in [-0.2, 0) is 17.5 Å². The first kappa shape index (κ1) is 15.4. The minimum absolute atomic E-state index is 0.0100. The number of para-hydroxylation sites is 1. The lowest BCUT2D eigenvalue weighted by Crippen LogP contribution is -2.11. The van der Waals surface area contributed by atoms with Gasteiger partial charge in [0.15, 0.2) is 0 Å². The predicted molar refractivity (Wildman–Crippen MR) is 73.4 cm³/mol. The monoisotopic (exact) mass is 299 g/mol. The maximum absolute atomic E-state index is 12.9. The zero-order valence-corrected chi connectivity index (χ0v) is 11.5. The fourth-order valence-corrected chi connectivity index (χ4v) is 1.95. The summed E-state index contributed by atoms with van der Waals surface area (Å²) in [7, 11) is 1.60. The van der Waals surface area contributed by atoms with Crippen LogP contribution < -0.4 is 5.32 Å². The summed E-state index contributed by atoms with van der Waals surface area (Å²) < 4.78 is 45.5. The van der Waals surface area contributed by atoms with Crippen molar-refractivity contribution in [2.75, 3.05) is 19.0 Å². The van der Waals surface area contributed by atoms with Gasteiger partial charge in [-0.2, -0.15) is 13.2 Å². The van der Waals surface area contributed by atoms with E-state index in [1.807, 2.05) is 0 Å². The van der Waals surface area contributed by atoms with Gasteiger partial charge in [0.25, 0.3) is 0 Å². The number of aromatic nitrogens is 2. The number of halogens is 3. The van der Waals surface area contributed by atoms with Gasteiger partial charge in [-0.25, -0.2) is 4.98 Å². The standard InChI is InChI=1S/C14H16F3N3O/c1-21-10-4-8-20-9-7-18-13(20)19-12-6-3-2-5-11(12)14(15,16)17/h2-3,5-7,9H,4,8,10H2,1H3,(H,18,19). The van der Waals surface area contributed by atoms with Gasteiger partial charge in [-0.05, 0) is 18.6 Å². The number of nitrogens with zero attached hydrogens (tertiary/aromatic N) is 2. The number of hydrogen-bond donors (Lipinski definition) is 1.